The minimum atomic E-state index is -1.11. The number of thioether (sulfide) groups is 1. The van der Waals surface area contributed by atoms with Crippen LogP contribution in [0.4, 0.5) is 4.79 Å². The molecule has 0 aromatic heterocycles. The average molecular weight is 416 g/mol. The minimum absolute atomic E-state index is 0.180. The Kier molecular flexibility index (Phi) is 6.41. The summed E-state index contributed by atoms with van der Waals surface area (Å²) in [6, 6.07) is 4.97. The lowest BCUT2D eigenvalue weighted by atomic mass is 10.2. The zero-order valence-electron chi connectivity index (χ0n) is 12.7. The molecule has 24 heavy (non-hydrogen) atoms. The molecule has 1 aliphatic rings. The van der Waals surface area contributed by atoms with E-state index in [-0.39, 0.29) is 23.3 Å². The molecule has 9 heteroatoms. The first-order valence-corrected chi connectivity index (χ1v) is 8.41. The van der Waals surface area contributed by atoms with Crippen LogP contribution in [0.15, 0.2) is 27.6 Å². The number of methoxy groups -OCH3 is 1. The van der Waals surface area contributed by atoms with Gasteiger partial charge in [0.15, 0.2) is 6.61 Å². The number of aliphatic carboxylic acids is 1. The number of carbonyl (C=O) groups excluding carboxylic acids is 2. The van der Waals surface area contributed by atoms with E-state index in [0.717, 1.165) is 21.1 Å². The quantitative estimate of drug-likeness (QED) is 0.683. The Morgan fingerprint density at radius 3 is 2.83 bits per heavy atom. The van der Waals surface area contributed by atoms with E-state index >= 15 is 0 Å². The molecule has 0 aliphatic carbocycles. The van der Waals surface area contributed by atoms with Gasteiger partial charge < -0.3 is 14.6 Å². The van der Waals surface area contributed by atoms with Crippen molar-refractivity contribution in [1.29, 1.82) is 0 Å². The lowest BCUT2D eigenvalue weighted by Gasteiger charge is -2.11. The SMILES string of the molecule is COCCN1C(=O)S/C(=C/c2cc(Br)ccc2OCC(=O)O)C1=O. The maximum Gasteiger partial charge on any atom is 0.341 e. The summed E-state index contributed by atoms with van der Waals surface area (Å²) in [5.41, 5.74) is 0.503. The van der Waals surface area contributed by atoms with Crippen LogP contribution in [0.5, 0.6) is 5.75 Å². The summed E-state index contributed by atoms with van der Waals surface area (Å²) >= 11 is 4.13. The molecule has 1 N–H and O–H groups in total. The number of ether oxygens (including phenoxy) is 2. The predicted molar refractivity (Wildman–Crippen MR) is 91.8 cm³/mol. The molecule has 128 valence electrons. The van der Waals surface area contributed by atoms with Crippen LogP contribution in [0.2, 0.25) is 0 Å². The van der Waals surface area contributed by atoms with Crippen molar-refractivity contribution in [2.75, 3.05) is 26.9 Å². The molecule has 1 aromatic rings. The topological polar surface area (TPSA) is 93.1 Å². The van der Waals surface area contributed by atoms with Gasteiger partial charge in [-0.05, 0) is 36.0 Å². The lowest BCUT2D eigenvalue weighted by Crippen LogP contribution is -2.31. The molecule has 1 fully saturated rings. The van der Waals surface area contributed by atoms with Crippen LogP contribution in [0, 0.1) is 0 Å². The minimum Gasteiger partial charge on any atom is -0.481 e. The van der Waals surface area contributed by atoms with E-state index in [1.807, 2.05) is 0 Å². The Hall–Kier alpha value is -1.84. The number of carboxylic acid groups (broad SMARTS) is 1. The van der Waals surface area contributed by atoms with Crippen molar-refractivity contribution in [3.63, 3.8) is 0 Å². The number of rotatable bonds is 7. The van der Waals surface area contributed by atoms with Gasteiger partial charge in [0.2, 0.25) is 0 Å². The van der Waals surface area contributed by atoms with Gasteiger partial charge in [-0.3, -0.25) is 14.5 Å². The van der Waals surface area contributed by atoms with Crippen molar-refractivity contribution in [3.05, 3.63) is 33.1 Å². The van der Waals surface area contributed by atoms with Crippen molar-refractivity contribution in [2.24, 2.45) is 0 Å². The van der Waals surface area contributed by atoms with Crippen LogP contribution in [0.3, 0.4) is 0 Å². The molecule has 0 spiro atoms. The van der Waals surface area contributed by atoms with Crippen molar-refractivity contribution >= 4 is 50.9 Å². The summed E-state index contributed by atoms with van der Waals surface area (Å²) in [5, 5.41) is 8.36. The van der Waals surface area contributed by atoms with Gasteiger partial charge >= 0.3 is 5.97 Å². The number of halogens is 1. The van der Waals surface area contributed by atoms with Crippen LogP contribution in [0.25, 0.3) is 6.08 Å². The third-order valence-corrected chi connectivity index (χ3v) is 4.40. The second-order valence-corrected chi connectivity index (χ2v) is 6.60. The first kappa shape index (κ1) is 18.5. The van der Waals surface area contributed by atoms with Gasteiger partial charge in [-0.2, -0.15) is 0 Å². The van der Waals surface area contributed by atoms with Crippen molar-refractivity contribution in [2.45, 2.75) is 0 Å². The third kappa shape index (κ3) is 4.59. The molecule has 0 saturated carbocycles. The van der Waals surface area contributed by atoms with E-state index in [1.165, 1.54) is 13.2 Å². The molecule has 1 heterocycles. The van der Waals surface area contributed by atoms with Gasteiger partial charge in [-0.15, -0.1) is 0 Å². The molecular weight excluding hydrogens is 402 g/mol. The monoisotopic (exact) mass is 415 g/mol. The van der Waals surface area contributed by atoms with E-state index < -0.39 is 18.5 Å². The third-order valence-electron chi connectivity index (χ3n) is 3.00. The Bertz CT molecular complexity index is 705. The van der Waals surface area contributed by atoms with Crippen LogP contribution >= 0.6 is 27.7 Å². The highest BCUT2D eigenvalue weighted by Crippen LogP contribution is 2.34. The highest BCUT2D eigenvalue weighted by atomic mass is 79.9. The van der Waals surface area contributed by atoms with Crippen LogP contribution < -0.4 is 4.74 Å². The van der Waals surface area contributed by atoms with E-state index in [9.17, 15) is 14.4 Å². The first-order chi connectivity index (χ1) is 11.4. The number of nitrogens with zero attached hydrogens (tertiary/aromatic N) is 1. The van der Waals surface area contributed by atoms with Gasteiger partial charge in [-0.1, -0.05) is 15.9 Å². The summed E-state index contributed by atoms with van der Waals surface area (Å²) in [4.78, 5) is 36.2. The average Bonchev–Trinajstić information content (AvgIpc) is 2.78. The maximum absolute atomic E-state index is 12.3. The molecule has 0 unspecified atom stereocenters. The zero-order chi connectivity index (χ0) is 17.7. The standard InChI is InChI=1S/C15H14BrNO6S/c1-22-5-4-17-14(20)12(24-15(17)21)7-9-6-10(16)2-3-11(9)23-8-13(18)19/h2-3,6-7H,4-5,8H2,1H3,(H,18,19)/b12-7+. The molecular formula is C15H14BrNO6S. The molecule has 1 aliphatic heterocycles. The number of hydrogen-bond donors (Lipinski definition) is 1. The lowest BCUT2D eigenvalue weighted by molar-refractivity contribution is -0.139. The molecule has 0 bridgehead atoms. The van der Waals surface area contributed by atoms with Gasteiger partial charge in [0.25, 0.3) is 11.1 Å². The van der Waals surface area contributed by atoms with E-state index in [4.69, 9.17) is 14.6 Å². The van der Waals surface area contributed by atoms with Crippen LogP contribution in [-0.4, -0.2) is 54.0 Å². The molecule has 2 amide bonds. The molecule has 7 nitrogen and oxygen atoms in total. The predicted octanol–water partition coefficient (Wildman–Crippen LogP) is 2.60. The second kappa shape index (κ2) is 8.32. The number of benzene rings is 1. The van der Waals surface area contributed by atoms with Gasteiger partial charge in [-0.25, -0.2) is 4.79 Å². The fraction of sp³-hybridized carbons (Fsp3) is 0.267. The van der Waals surface area contributed by atoms with Crippen molar-refractivity contribution in [1.82, 2.24) is 4.90 Å². The second-order valence-electron chi connectivity index (χ2n) is 4.69. The van der Waals surface area contributed by atoms with Gasteiger partial charge in [0, 0.05) is 17.1 Å². The Labute approximate surface area is 150 Å². The molecule has 0 radical (unpaired) electrons. The molecule has 1 saturated heterocycles. The summed E-state index contributed by atoms with van der Waals surface area (Å²) in [6.45, 7) is -0.0632. The molecule has 1 aromatic carbocycles. The number of amides is 2. The fourth-order valence-corrected chi connectivity index (χ4v) is 3.15. The smallest absolute Gasteiger partial charge is 0.341 e. The molecule has 0 atom stereocenters. The summed E-state index contributed by atoms with van der Waals surface area (Å²) in [6.07, 6.45) is 1.51. The maximum atomic E-state index is 12.3. The Balaban J connectivity index is 2.27. The zero-order valence-corrected chi connectivity index (χ0v) is 15.1. The van der Waals surface area contributed by atoms with E-state index in [1.54, 1.807) is 18.2 Å². The summed E-state index contributed by atoms with van der Waals surface area (Å²) in [5.74, 6) is -1.21. The number of hydrogen-bond acceptors (Lipinski definition) is 6. The van der Waals surface area contributed by atoms with Gasteiger partial charge in [0.1, 0.15) is 5.75 Å². The largest absolute Gasteiger partial charge is 0.481 e. The van der Waals surface area contributed by atoms with Crippen LogP contribution in [-0.2, 0) is 14.3 Å². The fourth-order valence-electron chi connectivity index (χ4n) is 1.92. The van der Waals surface area contributed by atoms with Crippen LogP contribution in [0.1, 0.15) is 5.56 Å². The van der Waals surface area contributed by atoms with Gasteiger partial charge in [0.05, 0.1) is 18.1 Å². The highest BCUT2D eigenvalue weighted by Gasteiger charge is 2.34. The Morgan fingerprint density at radius 2 is 2.17 bits per heavy atom. The number of carboxylic acids is 1. The number of carbonyl (C=O) groups is 3. The van der Waals surface area contributed by atoms with Crippen molar-refractivity contribution in [3.8, 4) is 5.75 Å². The highest BCUT2D eigenvalue weighted by molar-refractivity contribution is 9.10. The molecule has 2 rings (SSSR count). The van der Waals surface area contributed by atoms with E-state index in [0.29, 0.717) is 11.3 Å². The first-order valence-electron chi connectivity index (χ1n) is 6.81. The van der Waals surface area contributed by atoms with Crippen molar-refractivity contribution < 1.29 is 29.0 Å². The Morgan fingerprint density at radius 1 is 1.42 bits per heavy atom. The normalized spacial score (nSPS) is 16.1. The number of imide groups is 1. The summed E-state index contributed by atoms with van der Waals surface area (Å²) < 4.78 is 10.8. The summed E-state index contributed by atoms with van der Waals surface area (Å²) in [7, 11) is 1.49. The van der Waals surface area contributed by atoms with E-state index in [2.05, 4.69) is 15.9 Å².